The van der Waals surface area contributed by atoms with Crippen LogP contribution in [0.25, 0.3) is 11.4 Å². The SMILES string of the molecule is COc1nccnc1-c1nccnc1Cl. The molecule has 0 aliphatic heterocycles. The Labute approximate surface area is 91.1 Å². The van der Waals surface area contributed by atoms with Gasteiger partial charge in [-0.05, 0) is 0 Å². The quantitative estimate of drug-likeness (QED) is 0.772. The molecule has 76 valence electrons. The Balaban J connectivity index is 2.59. The molecular formula is C9H7ClN4O. The van der Waals surface area contributed by atoms with Gasteiger partial charge in [0.2, 0.25) is 5.88 Å². The predicted molar refractivity (Wildman–Crippen MR) is 54.6 cm³/mol. The molecule has 2 heterocycles. The Morgan fingerprint density at radius 3 is 2.20 bits per heavy atom. The van der Waals surface area contributed by atoms with Crippen molar-refractivity contribution < 1.29 is 4.74 Å². The number of hydrogen-bond acceptors (Lipinski definition) is 5. The maximum atomic E-state index is 5.89. The summed E-state index contributed by atoms with van der Waals surface area (Å²) in [6, 6.07) is 0. The molecule has 2 rings (SSSR count). The summed E-state index contributed by atoms with van der Waals surface area (Å²) in [6.45, 7) is 0. The lowest BCUT2D eigenvalue weighted by atomic mass is 10.3. The topological polar surface area (TPSA) is 60.8 Å². The van der Waals surface area contributed by atoms with Gasteiger partial charge in [0, 0.05) is 24.8 Å². The van der Waals surface area contributed by atoms with Gasteiger partial charge in [0.1, 0.15) is 5.69 Å². The fourth-order valence-electron chi connectivity index (χ4n) is 1.12. The zero-order chi connectivity index (χ0) is 10.7. The van der Waals surface area contributed by atoms with Gasteiger partial charge < -0.3 is 4.74 Å². The van der Waals surface area contributed by atoms with E-state index >= 15 is 0 Å². The Kier molecular flexibility index (Phi) is 2.73. The second-order valence-corrected chi connectivity index (χ2v) is 2.97. The maximum Gasteiger partial charge on any atom is 0.242 e. The van der Waals surface area contributed by atoms with Crippen LogP contribution in [0.2, 0.25) is 5.15 Å². The fraction of sp³-hybridized carbons (Fsp3) is 0.111. The van der Waals surface area contributed by atoms with Crippen LogP contribution in [0.15, 0.2) is 24.8 Å². The molecule has 2 aromatic heterocycles. The second-order valence-electron chi connectivity index (χ2n) is 2.61. The van der Waals surface area contributed by atoms with Crippen molar-refractivity contribution in [3.05, 3.63) is 29.9 Å². The summed E-state index contributed by atoms with van der Waals surface area (Å²) in [5.41, 5.74) is 0.946. The Morgan fingerprint density at radius 1 is 0.933 bits per heavy atom. The van der Waals surface area contributed by atoms with Crippen molar-refractivity contribution in [2.45, 2.75) is 0 Å². The third-order valence-corrected chi connectivity index (χ3v) is 2.01. The first-order valence-corrected chi connectivity index (χ1v) is 4.52. The molecule has 15 heavy (non-hydrogen) atoms. The van der Waals surface area contributed by atoms with Crippen LogP contribution in [0.5, 0.6) is 5.88 Å². The van der Waals surface area contributed by atoms with Gasteiger partial charge in [-0.25, -0.2) is 19.9 Å². The van der Waals surface area contributed by atoms with Gasteiger partial charge in [0.25, 0.3) is 0 Å². The first kappa shape index (κ1) is 9.79. The first-order chi connectivity index (χ1) is 7.33. The molecule has 0 radical (unpaired) electrons. The molecule has 0 fully saturated rings. The van der Waals surface area contributed by atoms with Gasteiger partial charge >= 0.3 is 0 Å². The zero-order valence-corrected chi connectivity index (χ0v) is 8.64. The first-order valence-electron chi connectivity index (χ1n) is 4.15. The van der Waals surface area contributed by atoms with Crippen LogP contribution >= 0.6 is 11.6 Å². The summed E-state index contributed by atoms with van der Waals surface area (Å²) in [5.74, 6) is 0.375. The number of nitrogens with zero attached hydrogens (tertiary/aromatic N) is 4. The predicted octanol–water partition coefficient (Wildman–Crippen LogP) is 1.60. The molecule has 0 amide bonds. The number of methoxy groups -OCH3 is 1. The fourth-order valence-corrected chi connectivity index (χ4v) is 1.31. The second kappa shape index (κ2) is 4.18. The van der Waals surface area contributed by atoms with E-state index in [0.717, 1.165) is 0 Å². The minimum absolute atomic E-state index is 0.274. The maximum absolute atomic E-state index is 5.89. The van der Waals surface area contributed by atoms with Crippen molar-refractivity contribution in [2.24, 2.45) is 0 Å². The average Bonchev–Trinajstić information content (AvgIpc) is 2.30. The van der Waals surface area contributed by atoms with Crippen LogP contribution in [0.4, 0.5) is 0 Å². The van der Waals surface area contributed by atoms with E-state index in [-0.39, 0.29) is 5.15 Å². The lowest BCUT2D eigenvalue weighted by molar-refractivity contribution is 0.397. The van der Waals surface area contributed by atoms with Crippen molar-refractivity contribution in [2.75, 3.05) is 7.11 Å². The van der Waals surface area contributed by atoms with Gasteiger partial charge in [-0.1, -0.05) is 11.6 Å². The third kappa shape index (κ3) is 1.87. The molecule has 0 unspecified atom stereocenters. The van der Waals surface area contributed by atoms with Gasteiger partial charge in [0.15, 0.2) is 10.8 Å². The standard InChI is InChI=1S/C9H7ClN4O/c1-15-9-7(12-3-5-14-9)6-8(10)13-4-2-11-6/h2-5H,1H3. The number of rotatable bonds is 2. The molecule has 6 heteroatoms. The molecule has 5 nitrogen and oxygen atoms in total. The van der Waals surface area contributed by atoms with Crippen LogP contribution in [0, 0.1) is 0 Å². The monoisotopic (exact) mass is 222 g/mol. The Bertz CT molecular complexity index is 477. The van der Waals surface area contributed by atoms with Crippen molar-refractivity contribution in [1.29, 1.82) is 0 Å². The molecule has 0 aliphatic carbocycles. The van der Waals surface area contributed by atoms with E-state index in [1.54, 1.807) is 6.20 Å². The van der Waals surface area contributed by atoms with Crippen molar-refractivity contribution >= 4 is 11.6 Å². The van der Waals surface area contributed by atoms with Crippen LogP contribution in [0.3, 0.4) is 0 Å². The van der Waals surface area contributed by atoms with E-state index in [0.29, 0.717) is 17.3 Å². The van der Waals surface area contributed by atoms with Crippen LogP contribution in [0.1, 0.15) is 0 Å². The highest BCUT2D eigenvalue weighted by molar-refractivity contribution is 6.31. The van der Waals surface area contributed by atoms with E-state index in [1.807, 2.05) is 0 Å². The van der Waals surface area contributed by atoms with Gasteiger partial charge in [-0.15, -0.1) is 0 Å². The largest absolute Gasteiger partial charge is 0.479 e. The van der Waals surface area contributed by atoms with Crippen LogP contribution in [-0.4, -0.2) is 27.0 Å². The molecular weight excluding hydrogens is 216 g/mol. The van der Waals surface area contributed by atoms with Gasteiger partial charge in [0.05, 0.1) is 7.11 Å². The smallest absolute Gasteiger partial charge is 0.242 e. The Hall–Kier alpha value is -1.75. The molecule has 0 spiro atoms. The normalized spacial score (nSPS) is 10.0. The molecule has 0 saturated heterocycles. The number of halogens is 1. The minimum Gasteiger partial charge on any atom is -0.479 e. The summed E-state index contributed by atoms with van der Waals surface area (Å²) >= 11 is 5.89. The van der Waals surface area contributed by atoms with Crippen molar-refractivity contribution in [3.8, 4) is 17.3 Å². The van der Waals surface area contributed by atoms with Crippen molar-refractivity contribution in [1.82, 2.24) is 19.9 Å². The molecule has 0 bridgehead atoms. The van der Waals surface area contributed by atoms with Crippen LogP contribution < -0.4 is 4.74 Å². The van der Waals surface area contributed by atoms with Crippen LogP contribution in [-0.2, 0) is 0 Å². The highest BCUT2D eigenvalue weighted by Gasteiger charge is 2.13. The number of aromatic nitrogens is 4. The molecule has 0 aromatic carbocycles. The number of ether oxygens (including phenoxy) is 1. The molecule has 2 aromatic rings. The van der Waals surface area contributed by atoms with E-state index < -0.39 is 0 Å². The summed E-state index contributed by atoms with van der Waals surface area (Å²) in [5, 5.41) is 0.274. The van der Waals surface area contributed by atoms with E-state index in [1.165, 1.54) is 25.7 Å². The number of hydrogen-bond donors (Lipinski definition) is 0. The zero-order valence-electron chi connectivity index (χ0n) is 7.88. The molecule has 0 saturated carbocycles. The summed E-state index contributed by atoms with van der Waals surface area (Å²) in [6.07, 6.45) is 6.12. The third-order valence-electron chi connectivity index (χ3n) is 1.74. The summed E-state index contributed by atoms with van der Waals surface area (Å²) < 4.78 is 5.05. The highest BCUT2D eigenvalue weighted by atomic mass is 35.5. The molecule has 0 N–H and O–H groups in total. The lowest BCUT2D eigenvalue weighted by Crippen LogP contribution is -1.96. The lowest BCUT2D eigenvalue weighted by Gasteiger charge is -2.05. The summed E-state index contributed by atoms with van der Waals surface area (Å²) in [7, 11) is 1.51. The summed E-state index contributed by atoms with van der Waals surface area (Å²) in [4.78, 5) is 16.1. The van der Waals surface area contributed by atoms with Gasteiger partial charge in [-0.3, -0.25) is 0 Å². The molecule has 0 atom stereocenters. The Morgan fingerprint density at radius 2 is 1.53 bits per heavy atom. The van der Waals surface area contributed by atoms with E-state index in [9.17, 15) is 0 Å². The molecule has 0 aliphatic rings. The van der Waals surface area contributed by atoms with E-state index in [4.69, 9.17) is 16.3 Å². The van der Waals surface area contributed by atoms with Gasteiger partial charge in [-0.2, -0.15) is 0 Å². The highest BCUT2D eigenvalue weighted by Crippen LogP contribution is 2.27. The van der Waals surface area contributed by atoms with Crippen molar-refractivity contribution in [3.63, 3.8) is 0 Å². The average molecular weight is 223 g/mol. The minimum atomic E-state index is 0.274. The van der Waals surface area contributed by atoms with E-state index in [2.05, 4.69) is 19.9 Å².